The molecule has 4 aromatic rings. The third-order valence-corrected chi connectivity index (χ3v) is 11.3. The van der Waals surface area contributed by atoms with Gasteiger partial charge in [-0.05, 0) is 84.4 Å². The molecule has 1 saturated carbocycles. The Morgan fingerprint density at radius 3 is 1.91 bits per heavy atom. The molecule has 58 heavy (non-hydrogen) atoms. The lowest BCUT2D eigenvalue weighted by atomic mass is 10.0. The maximum atomic E-state index is 13.8. The summed E-state index contributed by atoms with van der Waals surface area (Å²) in [5.41, 5.74) is 6.69. The number of ether oxygens (including phenoxy) is 2. The lowest BCUT2D eigenvalue weighted by Gasteiger charge is -2.30. The Morgan fingerprint density at radius 1 is 0.793 bits per heavy atom. The van der Waals surface area contributed by atoms with Crippen molar-refractivity contribution in [3.8, 4) is 34.4 Å². The molecule has 2 aromatic carbocycles. The smallest absolute Gasteiger partial charge is 0.407 e. The molecule has 3 amide bonds. The van der Waals surface area contributed by atoms with Gasteiger partial charge in [0.05, 0.1) is 49.7 Å². The van der Waals surface area contributed by atoms with Gasteiger partial charge in [0, 0.05) is 31.3 Å². The molecule has 0 bridgehead atoms. The normalized spacial score (nSPS) is 18.9. The van der Waals surface area contributed by atoms with E-state index in [2.05, 4.69) is 38.5 Å². The summed E-state index contributed by atoms with van der Waals surface area (Å²) in [6.07, 6.45) is 9.22. The quantitative estimate of drug-likeness (QED) is 0.0694. The van der Waals surface area contributed by atoms with E-state index in [1.807, 2.05) is 92.2 Å². The first-order valence-corrected chi connectivity index (χ1v) is 20.3. The molecule has 2 fully saturated rings. The lowest BCUT2D eigenvalue weighted by Crippen LogP contribution is -2.51. The van der Waals surface area contributed by atoms with Gasteiger partial charge in [0.25, 0.3) is 0 Å². The number of nitrogens with zero attached hydrogens (tertiary/aromatic N) is 4. The van der Waals surface area contributed by atoms with Crippen LogP contribution in [0.25, 0.3) is 22.5 Å². The van der Waals surface area contributed by atoms with Gasteiger partial charge < -0.3 is 34.6 Å². The zero-order valence-electron chi connectivity index (χ0n) is 34.2. The Hall–Kier alpha value is -5.71. The van der Waals surface area contributed by atoms with Crippen molar-refractivity contribution >= 4 is 17.9 Å². The molecule has 1 aliphatic carbocycles. The predicted molar refractivity (Wildman–Crippen MR) is 221 cm³/mol. The van der Waals surface area contributed by atoms with Crippen molar-refractivity contribution in [1.82, 2.24) is 40.4 Å². The standard InChI is InChI=1S/C45H54N8O5/c1-27(2)39(48-26-57-5)43(54)52-21-7-8-37(52)41-46-23-35(49-41)32-15-11-29(12-16-32)9-10-30-13-17-33(18-14-30)36-24-47-42(50-36)38-22-34(31-19-20-31)25-53(38)44(55)40(28(3)4)51-45(56)58-6/h11-18,22-24,27-28,31,37-40,48H,7-8,19-21,25-26H2,1-6H3,(H,46,49)(H,47,50)(H,51,56). The number of carbonyl (C=O) groups excluding carboxylic acids is 3. The van der Waals surface area contributed by atoms with E-state index in [-0.39, 0.29) is 41.8 Å². The number of methoxy groups -OCH3 is 2. The summed E-state index contributed by atoms with van der Waals surface area (Å²) in [7, 11) is 2.92. The molecule has 4 unspecified atom stereocenters. The van der Waals surface area contributed by atoms with E-state index in [0.29, 0.717) is 31.6 Å². The van der Waals surface area contributed by atoms with Crippen LogP contribution in [-0.4, -0.2) is 93.8 Å². The minimum absolute atomic E-state index is 0.0778. The number of rotatable bonds is 13. The number of nitrogens with one attached hydrogen (secondary N) is 4. The van der Waals surface area contributed by atoms with E-state index in [4.69, 9.17) is 19.4 Å². The van der Waals surface area contributed by atoms with Gasteiger partial charge in [-0.1, -0.05) is 69.9 Å². The van der Waals surface area contributed by atoms with Gasteiger partial charge in [0.15, 0.2) is 0 Å². The molecule has 3 aliphatic rings. The number of aromatic nitrogens is 4. The molecule has 0 spiro atoms. The summed E-state index contributed by atoms with van der Waals surface area (Å²) in [5, 5.41) is 5.96. The number of aromatic amines is 2. The molecule has 13 heteroatoms. The van der Waals surface area contributed by atoms with E-state index in [1.54, 1.807) is 13.3 Å². The monoisotopic (exact) mass is 786 g/mol. The first-order valence-electron chi connectivity index (χ1n) is 20.3. The summed E-state index contributed by atoms with van der Waals surface area (Å²) in [6, 6.07) is 14.6. The molecule has 2 aromatic heterocycles. The summed E-state index contributed by atoms with van der Waals surface area (Å²) in [5.74, 6) is 8.46. The van der Waals surface area contributed by atoms with Crippen LogP contribution < -0.4 is 10.6 Å². The number of likely N-dealkylation sites (tertiary alicyclic amines) is 1. The zero-order valence-corrected chi connectivity index (χ0v) is 34.2. The number of hydrogen-bond acceptors (Lipinski definition) is 8. The van der Waals surface area contributed by atoms with Crippen LogP contribution in [0, 0.1) is 29.6 Å². The largest absolute Gasteiger partial charge is 0.453 e. The van der Waals surface area contributed by atoms with Gasteiger partial charge in [-0.15, -0.1) is 0 Å². The minimum atomic E-state index is -0.715. The van der Waals surface area contributed by atoms with Crippen molar-refractivity contribution < 1.29 is 23.9 Å². The lowest BCUT2D eigenvalue weighted by molar-refractivity contribution is -0.136. The van der Waals surface area contributed by atoms with Crippen molar-refractivity contribution in [2.75, 3.05) is 34.0 Å². The van der Waals surface area contributed by atoms with Gasteiger partial charge in [0.2, 0.25) is 11.8 Å². The van der Waals surface area contributed by atoms with Crippen LogP contribution in [-0.2, 0) is 19.1 Å². The highest BCUT2D eigenvalue weighted by atomic mass is 16.5. The van der Waals surface area contributed by atoms with E-state index < -0.39 is 12.1 Å². The molecule has 304 valence electrons. The van der Waals surface area contributed by atoms with E-state index in [1.165, 1.54) is 12.7 Å². The van der Waals surface area contributed by atoms with E-state index in [9.17, 15) is 14.4 Å². The molecule has 2 aliphatic heterocycles. The van der Waals surface area contributed by atoms with Gasteiger partial charge in [-0.2, -0.15) is 0 Å². The van der Waals surface area contributed by atoms with Crippen LogP contribution in [0.3, 0.4) is 0 Å². The highest BCUT2D eigenvalue weighted by molar-refractivity contribution is 5.87. The Labute approximate surface area is 340 Å². The molecule has 1 saturated heterocycles. The number of hydrogen-bond donors (Lipinski definition) is 4. The minimum Gasteiger partial charge on any atom is -0.453 e. The fraction of sp³-hybridized carbons (Fsp3) is 0.444. The fourth-order valence-corrected chi connectivity index (χ4v) is 7.85. The first-order chi connectivity index (χ1) is 28.0. The van der Waals surface area contributed by atoms with Crippen LogP contribution in [0.4, 0.5) is 4.79 Å². The molecule has 4 N–H and O–H groups in total. The van der Waals surface area contributed by atoms with Crippen LogP contribution in [0.15, 0.2) is 72.6 Å². The van der Waals surface area contributed by atoms with Crippen molar-refractivity contribution in [3.63, 3.8) is 0 Å². The highest BCUT2D eigenvalue weighted by Crippen LogP contribution is 2.43. The third-order valence-electron chi connectivity index (χ3n) is 11.3. The van der Waals surface area contributed by atoms with Crippen molar-refractivity contribution in [3.05, 3.63) is 95.3 Å². The number of H-pyrrole nitrogens is 2. The van der Waals surface area contributed by atoms with E-state index in [0.717, 1.165) is 65.1 Å². The number of benzene rings is 2. The maximum absolute atomic E-state index is 13.8. The Morgan fingerprint density at radius 2 is 1.36 bits per heavy atom. The van der Waals surface area contributed by atoms with Crippen molar-refractivity contribution in [2.45, 2.75) is 77.5 Å². The van der Waals surface area contributed by atoms with Crippen LogP contribution in [0.2, 0.25) is 0 Å². The first kappa shape index (κ1) is 40.5. The summed E-state index contributed by atoms with van der Waals surface area (Å²) >= 11 is 0. The second kappa shape index (κ2) is 17.8. The zero-order chi connectivity index (χ0) is 40.9. The molecular weight excluding hydrogens is 733 g/mol. The summed E-state index contributed by atoms with van der Waals surface area (Å²) in [4.78, 5) is 59.6. The molecule has 13 nitrogen and oxygen atoms in total. The topological polar surface area (TPSA) is 158 Å². The number of carbonyl (C=O) groups is 3. The Kier molecular flexibility index (Phi) is 12.4. The van der Waals surface area contributed by atoms with Crippen LogP contribution >= 0.6 is 0 Å². The number of imidazole rings is 2. The van der Waals surface area contributed by atoms with Crippen molar-refractivity contribution in [2.24, 2.45) is 17.8 Å². The Balaban J connectivity index is 0.994. The van der Waals surface area contributed by atoms with Gasteiger partial charge in [-0.25, -0.2) is 14.8 Å². The average Bonchev–Trinajstić information content (AvgIpc) is 3.66. The fourth-order valence-electron chi connectivity index (χ4n) is 7.85. The second-order valence-corrected chi connectivity index (χ2v) is 16.1. The summed E-state index contributed by atoms with van der Waals surface area (Å²) in [6.45, 7) is 9.45. The molecular formula is C45H54N8O5. The summed E-state index contributed by atoms with van der Waals surface area (Å²) < 4.78 is 9.99. The molecule has 7 rings (SSSR count). The number of amides is 3. The third kappa shape index (κ3) is 9.03. The predicted octanol–water partition coefficient (Wildman–Crippen LogP) is 6.35. The van der Waals surface area contributed by atoms with Crippen LogP contribution in [0.1, 0.15) is 88.2 Å². The SMILES string of the molecule is COCNC(C(=O)N1CCCC1c1ncc(-c2ccc(C#Cc3ccc(-c4cnc(C5C=C(C6CC6)CN5C(=O)C(NC(=O)OC)C(C)C)[nH]4)cc3)cc2)[nH]1)C(C)C. The highest BCUT2D eigenvalue weighted by Gasteiger charge is 2.41. The molecule has 0 radical (unpaired) electrons. The van der Waals surface area contributed by atoms with Crippen LogP contribution in [0.5, 0.6) is 0 Å². The Bertz CT molecular complexity index is 2170. The second-order valence-electron chi connectivity index (χ2n) is 16.1. The van der Waals surface area contributed by atoms with Gasteiger partial charge in [0.1, 0.15) is 23.7 Å². The maximum Gasteiger partial charge on any atom is 0.407 e. The number of alkyl carbamates (subject to hydrolysis) is 1. The van der Waals surface area contributed by atoms with E-state index >= 15 is 0 Å². The van der Waals surface area contributed by atoms with Gasteiger partial charge >= 0.3 is 6.09 Å². The van der Waals surface area contributed by atoms with Gasteiger partial charge in [-0.3, -0.25) is 14.9 Å². The molecule has 4 heterocycles. The van der Waals surface area contributed by atoms with Crippen molar-refractivity contribution in [1.29, 1.82) is 0 Å². The molecule has 4 atom stereocenters. The average molecular weight is 787 g/mol.